The number of carbonyl (C=O) groups is 1. The summed E-state index contributed by atoms with van der Waals surface area (Å²) in [4.78, 5) is 10.6. The second-order valence-electron chi connectivity index (χ2n) is 2.11. The first kappa shape index (κ1) is 8.75. The maximum absolute atomic E-state index is 10.6. The van der Waals surface area contributed by atoms with Crippen LogP contribution in [-0.2, 0) is 0 Å². The highest BCUT2D eigenvalue weighted by Gasteiger charge is 2.07. The second kappa shape index (κ2) is 3.37. The Bertz CT molecular complexity index is 368. The summed E-state index contributed by atoms with van der Waals surface area (Å²) in [6.45, 7) is 0. The molecule has 0 radical (unpaired) electrons. The van der Waals surface area contributed by atoms with E-state index in [1.807, 2.05) is 6.07 Å². The Kier molecular flexibility index (Phi) is 2.46. The number of halogens is 1. The Hall–Kier alpha value is -1.34. The zero-order chi connectivity index (χ0) is 9.14. The third-order valence-electron chi connectivity index (χ3n) is 1.33. The predicted molar refractivity (Wildman–Crippen MR) is 45.8 cm³/mol. The van der Waals surface area contributed by atoms with Crippen LogP contribution in [0.4, 0.5) is 0 Å². The van der Waals surface area contributed by atoms with Gasteiger partial charge in [-0.2, -0.15) is 5.26 Å². The SMILES string of the molecule is N#Cc1ccc(Br)c(C(=O)O)c1. The molecular formula is C8H4BrNO2. The molecule has 0 atom stereocenters. The number of nitrogens with zero attached hydrogens (tertiary/aromatic N) is 1. The summed E-state index contributed by atoms with van der Waals surface area (Å²) in [6.07, 6.45) is 0. The minimum absolute atomic E-state index is 0.106. The fourth-order valence-corrected chi connectivity index (χ4v) is 1.17. The lowest BCUT2D eigenvalue weighted by atomic mass is 10.1. The molecule has 1 aromatic rings. The highest BCUT2D eigenvalue weighted by atomic mass is 79.9. The third kappa shape index (κ3) is 1.63. The van der Waals surface area contributed by atoms with Gasteiger partial charge in [0, 0.05) is 4.47 Å². The van der Waals surface area contributed by atoms with Gasteiger partial charge in [0.1, 0.15) is 0 Å². The van der Waals surface area contributed by atoms with Crippen LogP contribution in [0.1, 0.15) is 15.9 Å². The highest BCUT2D eigenvalue weighted by molar-refractivity contribution is 9.10. The molecule has 3 nitrogen and oxygen atoms in total. The van der Waals surface area contributed by atoms with E-state index in [9.17, 15) is 4.79 Å². The largest absolute Gasteiger partial charge is 0.478 e. The van der Waals surface area contributed by atoms with Crippen molar-refractivity contribution in [1.29, 1.82) is 5.26 Å². The summed E-state index contributed by atoms with van der Waals surface area (Å²) in [5.41, 5.74) is 0.449. The van der Waals surface area contributed by atoms with E-state index in [1.54, 1.807) is 12.1 Å². The van der Waals surface area contributed by atoms with Crippen LogP contribution in [-0.4, -0.2) is 11.1 Å². The van der Waals surface area contributed by atoms with Crippen molar-refractivity contribution in [3.8, 4) is 6.07 Å². The van der Waals surface area contributed by atoms with E-state index in [0.717, 1.165) is 0 Å². The first-order chi connectivity index (χ1) is 5.65. The third-order valence-corrected chi connectivity index (χ3v) is 2.02. The molecule has 0 amide bonds. The quantitative estimate of drug-likeness (QED) is 0.796. The van der Waals surface area contributed by atoms with Crippen molar-refractivity contribution in [3.63, 3.8) is 0 Å². The molecule has 60 valence electrons. The van der Waals surface area contributed by atoms with Gasteiger partial charge in [0.25, 0.3) is 0 Å². The lowest BCUT2D eigenvalue weighted by molar-refractivity contribution is 0.0696. The summed E-state index contributed by atoms with van der Waals surface area (Å²) in [7, 11) is 0. The zero-order valence-corrected chi connectivity index (χ0v) is 7.50. The average molecular weight is 226 g/mol. The molecule has 0 aliphatic carbocycles. The average Bonchev–Trinajstić information content (AvgIpc) is 2.05. The van der Waals surface area contributed by atoms with Crippen LogP contribution in [0, 0.1) is 11.3 Å². The normalized spacial score (nSPS) is 9.00. The van der Waals surface area contributed by atoms with Crippen molar-refractivity contribution in [1.82, 2.24) is 0 Å². The van der Waals surface area contributed by atoms with Gasteiger partial charge >= 0.3 is 5.97 Å². The van der Waals surface area contributed by atoms with Crippen LogP contribution in [0.15, 0.2) is 22.7 Å². The molecule has 0 spiro atoms. The molecule has 0 aliphatic heterocycles. The fraction of sp³-hybridized carbons (Fsp3) is 0. The summed E-state index contributed by atoms with van der Waals surface area (Å²) >= 11 is 3.07. The first-order valence-electron chi connectivity index (χ1n) is 3.08. The monoisotopic (exact) mass is 225 g/mol. The number of rotatable bonds is 1. The predicted octanol–water partition coefficient (Wildman–Crippen LogP) is 2.02. The van der Waals surface area contributed by atoms with Gasteiger partial charge < -0.3 is 5.11 Å². The van der Waals surface area contributed by atoms with E-state index in [4.69, 9.17) is 10.4 Å². The smallest absolute Gasteiger partial charge is 0.336 e. The molecule has 0 saturated heterocycles. The number of hydrogen-bond donors (Lipinski definition) is 1. The molecule has 4 heteroatoms. The molecule has 1 rings (SSSR count). The van der Waals surface area contributed by atoms with Gasteiger partial charge in [-0.1, -0.05) is 0 Å². The fourth-order valence-electron chi connectivity index (χ4n) is 0.759. The molecule has 0 saturated carbocycles. The van der Waals surface area contributed by atoms with E-state index < -0.39 is 5.97 Å². The second-order valence-corrected chi connectivity index (χ2v) is 2.97. The van der Waals surface area contributed by atoms with Crippen LogP contribution in [0.5, 0.6) is 0 Å². The Morgan fingerprint density at radius 3 is 2.75 bits per heavy atom. The molecule has 0 unspecified atom stereocenters. The Balaban J connectivity index is 3.28. The van der Waals surface area contributed by atoms with Crippen molar-refractivity contribution < 1.29 is 9.90 Å². The maximum atomic E-state index is 10.6. The van der Waals surface area contributed by atoms with E-state index in [2.05, 4.69) is 15.9 Å². The van der Waals surface area contributed by atoms with Gasteiger partial charge in [-0.15, -0.1) is 0 Å². The minimum Gasteiger partial charge on any atom is -0.478 e. The molecule has 0 bridgehead atoms. The van der Waals surface area contributed by atoms with Crippen molar-refractivity contribution in [2.45, 2.75) is 0 Å². The van der Waals surface area contributed by atoms with Gasteiger partial charge in [-0.3, -0.25) is 0 Å². The van der Waals surface area contributed by atoms with Gasteiger partial charge in [-0.25, -0.2) is 4.79 Å². The number of hydrogen-bond acceptors (Lipinski definition) is 2. The molecule has 1 N–H and O–H groups in total. The summed E-state index contributed by atoms with van der Waals surface area (Å²) in [6, 6.07) is 6.29. The molecule has 0 heterocycles. The van der Waals surface area contributed by atoms with Crippen LogP contribution in [0.25, 0.3) is 0 Å². The molecule has 1 aromatic carbocycles. The van der Waals surface area contributed by atoms with Crippen molar-refractivity contribution >= 4 is 21.9 Å². The van der Waals surface area contributed by atoms with Crippen molar-refractivity contribution in [3.05, 3.63) is 33.8 Å². The van der Waals surface area contributed by atoms with Crippen LogP contribution in [0.3, 0.4) is 0 Å². The highest BCUT2D eigenvalue weighted by Crippen LogP contribution is 2.17. The molecular weight excluding hydrogens is 222 g/mol. The van der Waals surface area contributed by atoms with Gasteiger partial charge in [0.15, 0.2) is 0 Å². The molecule has 0 aromatic heterocycles. The van der Waals surface area contributed by atoms with Crippen molar-refractivity contribution in [2.75, 3.05) is 0 Å². The van der Waals surface area contributed by atoms with Gasteiger partial charge in [0.2, 0.25) is 0 Å². The topological polar surface area (TPSA) is 61.1 Å². The van der Waals surface area contributed by atoms with E-state index in [-0.39, 0.29) is 5.56 Å². The minimum atomic E-state index is -1.04. The van der Waals surface area contributed by atoms with Crippen LogP contribution >= 0.6 is 15.9 Å². The summed E-state index contributed by atoms with van der Waals surface area (Å²) < 4.78 is 0.481. The molecule has 0 aliphatic rings. The maximum Gasteiger partial charge on any atom is 0.336 e. The lowest BCUT2D eigenvalue weighted by Crippen LogP contribution is -1.97. The van der Waals surface area contributed by atoms with E-state index >= 15 is 0 Å². The Morgan fingerprint density at radius 1 is 1.58 bits per heavy atom. The molecule has 12 heavy (non-hydrogen) atoms. The van der Waals surface area contributed by atoms with Crippen LogP contribution < -0.4 is 0 Å². The van der Waals surface area contributed by atoms with Gasteiger partial charge in [-0.05, 0) is 34.1 Å². The van der Waals surface area contributed by atoms with E-state index in [1.165, 1.54) is 6.07 Å². The zero-order valence-electron chi connectivity index (χ0n) is 5.91. The Morgan fingerprint density at radius 2 is 2.25 bits per heavy atom. The summed E-state index contributed by atoms with van der Waals surface area (Å²) in [5, 5.41) is 17.1. The Labute approximate surface area is 77.4 Å². The van der Waals surface area contributed by atoms with Crippen molar-refractivity contribution in [2.24, 2.45) is 0 Å². The lowest BCUT2D eigenvalue weighted by Gasteiger charge is -1.97. The van der Waals surface area contributed by atoms with E-state index in [0.29, 0.717) is 10.0 Å². The first-order valence-corrected chi connectivity index (χ1v) is 3.87. The standard InChI is InChI=1S/C8H4BrNO2/c9-7-2-1-5(4-10)3-6(7)8(11)12/h1-3H,(H,11,12). The number of carboxylic acids is 1. The summed E-state index contributed by atoms with van der Waals surface area (Å²) in [5.74, 6) is -1.04. The van der Waals surface area contributed by atoms with Gasteiger partial charge in [0.05, 0.1) is 17.2 Å². The number of nitriles is 1. The number of carboxylic acid groups (broad SMARTS) is 1. The number of aromatic carboxylic acids is 1. The molecule has 0 fully saturated rings. The number of benzene rings is 1. The van der Waals surface area contributed by atoms with Crippen LogP contribution in [0.2, 0.25) is 0 Å².